The Balaban J connectivity index is 2.98. The predicted octanol–water partition coefficient (Wildman–Crippen LogP) is 9.00. The van der Waals surface area contributed by atoms with Crippen LogP contribution in [0.4, 0.5) is 0 Å². The molecule has 0 saturated carbocycles. The quantitative estimate of drug-likeness (QED) is 0.152. The van der Waals surface area contributed by atoms with Crippen LogP contribution in [0.15, 0.2) is 12.2 Å². The van der Waals surface area contributed by atoms with Crippen molar-refractivity contribution in [1.29, 1.82) is 0 Å². The summed E-state index contributed by atoms with van der Waals surface area (Å²) in [5.41, 5.74) is 0. The highest BCUT2D eigenvalue weighted by Gasteiger charge is 1.95. The molecule has 0 aromatic heterocycles. The molecule has 0 nitrogen and oxygen atoms in total. The Morgan fingerprint density at radius 3 is 1.16 bits per heavy atom. The maximum absolute atomic E-state index is 5.18. The molecule has 0 spiro atoms. The van der Waals surface area contributed by atoms with Crippen molar-refractivity contribution in [3.8, 4) is 12.3 Å². The summed E-state index contributed by atoms with van der Waals surface area (Å²) in [6.45, 7) is 2.30. The first-order valence-corrected chi connectivity index (χ1v) is 11.5. The van der Waals surface area contributed by atoms with E-state index in [0.717, 1.165) is 6.42 Å². The second kappa shape index (κ2) is 23.3. The monoisotopic (exact) mass is 346 g/mol. The molecule has 0 heteroatoms. The third-order valence-corrected chi connectivity index (χ3v) is 5.19. The Morgan fingerprint density at radius 1 is 0.520 bits per heavy atom. The van der Waals surface area contributed by atoms with Crippen molar-refractivity contribution >= 4 is 0 Å². The molecule has 146 valence electrons. The minimum Gasteiger partial charge on any atom is -0.115 e. The van der Waals surface area contributed by atoms with Gasteiger partial charge in [-0.25, -0.2) is 0 Å². The van der Waals surface area contributed by atoms with Gasteiger partial charge in [0.05, 0.1) is 0 Å². The standard InChI is InChI=1S/C25H46/c1-3-5-7-9-11-13-15-17-19-21-23-25-24-22-20-18-16-14-12-10-8-6-4-2/h1,5,7H,4,6,8-25H2,2H3. The van der Waals surface area contributed by atoms with Crippen LogP contribution < -0.4 is 0 Å². The summed E-state index contributed by atoms with van der Waals surface area (Å²) in [6.07, 6.45) is 37.7. The number of rotatable bonds is 20. The summed E-state index contributed by atoms with van der Waals surface area (Å²) < 4.78 is 0. The minimum absolute atomic E-state index is 1.16. The highest BCUT2D eigenvalue weighted by Crippen LogP contribution is 2.14. The van der Waals surface area contributed by atoms with E-state index in [1.807, 2.05) is 6.08 Å². The third kappa shape index (κ3) is 23.3. The van der Waals surface area contributed by atoms with Crippen molar-refractivity contribution in [1.82, 2.24) is 0 Å². The zero-order valence-corrected chi connectivity index (χ0v) is 17.4. The highest BCUT2D eigenvalue weighted by atomic mass is 14.0. The fourth-order valence-corrected chi connectivity index (χ4v) is 3.49. The van der Waals surface area contributed by atoms with Crippen LogP contribution in [0, 0.1) is 12.3 Å². The third-order valence-electron chi connectivity index (χ3n) is 5.19. The zero-order chi connectivity index (χ0) is 18.3. The molecule has 0 aromatic carbocycles. The SMILES string of the molecule is C#CC=CCCCCCCCCCCCCCCCCCCCCC. The molecule has 0 aromatic rings. The number of terminal acetylenes is 1. The van der Waals surface area contributed by atoms with Crippen LogP contribution in [0.5, 0.6) is 0 Å². The van der Waals surface area contributed by atoms with E-state index in [0.29, 0.717) is 0 Å². The van der Waals surface area contributed by atoms with Crippen LogP contribution in [0.1, 0.15) is 135 Å². The van der Waals surface area contributed by atoms with Crippen molar-refractivity contribution in [2.75, 3.05) is 0 Å². The van der Waals surface area contributed by atoms with Gasteiger partial charge in [0.15, 0.2) is 0 Å². The fraction of sp³-hybridized carbons (Fsp3) is 0.840. The summed E-state index contributed by atoms with van der Waals surface area (Å²) in [5, 5.41) is 0. The average molecular weight is 347 g/mol. The van der Waals surface area contributed by atoms with Crippen LogP contribution in [-0.4, -0.2) is 0 Å². The van der Waals surface area contributed by atoms with E-state index in [1.165, 1.54) is 122 Å². The molecule has 0 heterocycles. The van der Waals surface area contributed by atoms with Gasteiger partial charge in [0.2, 0.25) is 0 Å². The predicted molar refractivity (Wildman–Crippen MR) is 116 cm³/mol. The van der Waals surface area contributed by atoms with Crippen LogP contribution in [0.25, 0.3) is 0 Å². The molecule has 0 fully saturated rings. The van der Waals surface area contributed by atoms with Gasteiger partial charge < -0.3 is 0 Å². The van der Waals surface area contributed by atoms with Crippen LogP contribution >= 0.6 is 0 Å². The maximum atomic E-state index is 5.18. The molecule has 0 aliphatic rings. The molecule has 0 amide bonds. The summed E-state index contributed by atoms with van der Waals surface area (Å²) in [6, 6.07) is 0. The van der Waals surface area contributed by atoms with Gasteiger partial charge in [0, 0.05) is 0 Å². The number of unbranched alkanes of at least 4 members (excludes halogenated alkanes) is 19. The van der Waals surface area contributed by atoms with E-state index in [1.54, 1.807) is 0 Å². The topological polar surface area (TPSA) is 0 Å². The van der Waals surface area contributed by atoms with Gasteiger partial charge in [-0.3, -0.25) is 0 Å². The second-order valence-electron chi connectivity index (χ2n) is 7.72. The van der Waals surface area contributed by atoms with E-state index in [2.05, 4.69) is 18.9 Å². The van der Waals surface area contributed by atoms with Gasteiger partial charge in [0.1, 0.15) is 0 Å². The van der Waals surface area contributed by atoms with E-state index in [4.69, 9.17) is 6.42 Å². The zero-order valence-electron chi connectivity index (χ0n) is 17.4. The molecule has 0 N–H and O–H groups in total. The van der Waals surface area contributed by atoms with Gasteiger partial charge in [0.25, 0.3) is 0 Å². The Hall–Kier alpha value is -0.700. The van der Waals surface area contributed by atoms with Crippen LogP contribution in [-0.2, 0) is 0 Å². The average Bonchev–Trinajstić information content (AvgIpc) is 2.63. The second-order valence-corrected chi connectivity index (χ2v) is 7.72. The van der Waals surface area contributed by atoms with Gasteiger partial charge >= 0.3 is 0 Å². The van der Waals surface area contributed by atoms with E-state index >= 15 is 0 Å². The van der Waals surface area contributed by atoms with Crippen molar-refractivity contribution in [3.05, 3.63) is 12.2 Å². The van der Waals surface area contributed by atoms with Gasteiger partial charge in [-0.05, 0) is 18.9 Å². The molecule has 0 radical (unpaired) electrons. The minimum atomic E-state index is 1.16. The molecule has 0 aliphatic heterocycles. The summed E-state index contributed by atoms with van der Waals surface area (Å²) in [7, 11) is 0. The highest BCUT2D eigenvalue weighted by molar-refractivity contribution is 5.08. The summed E-state index contributed by atoms with van der Waals surface area (Å²) in [5.74, 6) is 2.55. The van der Waals surface area contributed by atoms with Crippen molar-refractivity contribution in [3.63, 3.8) is 0 Å². The van der Waals surface area contributed by atoms with E-state index in [9.17, 15) is 0 Å². The number of allylic oxidation sites excluding steroid dienone is 2. The van der Waals surface area contributed by atoms with Crippen LogP contribution in [0.3, 0.4) is 0 Å². The molecule has 0 rings (SSSR count). The molecule has 0 saturated heterocycles. The molecule has 0 atom stereocenters. The lowest BCUT2D eigenvalue weighted by atomic mass is 10.0. The normalized spacial score (nSPS) is 11.2. The molecular formula is C25H46. The van der Waals surface area contributed by atoms with Crippen molar-refractivity contribution in [2.45, 2.75) is 135 Å². The molecule has 0 bridgehead atoms. The Morgan fingerprint density at radius 2 is 0.840 bits per heavy atom. The Kier molecular flexibility index (Phi) is 22.6. The van der Waals surface area contributed by atoms with Gasteiger partial charge in [-0.2, -0.15) is 0 Å². The first-order valence-electron chi connectivity index (χ1n) is 11.5. The Labute approximate surface area is 160 Å². The maximum Gasteiger partial charge on any atom is -0.0162 e. The lowest BCUT2D eigenvalue weighted by molar-refractivity contribution is 0.523. The number of hydrogen-bond acceptors (Lipinski definition) is 0. The van der Waals surface area contributed by atoms with Crippen LogP contribution in [0.2, 0.25) is 0 Å². The summed E-state index contributed by atoms with van der Waals surface area (Å²) in [4.78, 5) is 0. The first-order chi connectivity index (χ1) is 12.4. The smallest absolute Gasteiger partial charge is 0.0162 e. The van der Waals surface area contributed by atoms with E-state index < -0.39 is 0 Å². The fourth-order valence-electron chi connectivity index (χ4n) is 3.49. The Bertz CT molecular complexity index is 294. The molecule has 0 unspecified atom stereocenters. The lowest BCUT2D eigenvalue weighted by Gasteiger charge is -2.03. The first kappa shape index (κ1) is 24.3. The lowest BCUT2D eigenvalue weighted by Crippen LogP contribution is -1.84. The van der Waals surface area contributed by atoms with Crippen molar-refractivity contribution in [2.24, 2.45) is 0 Å². The summed E-state index contributed by atoms with van der Waals surface area (Å²) >= 11 is 0. The van der Waals surface area contributed by atoms with Crippen molar-refractivity contribution < 1.29 is 0 Å². The molecular weight excluding hydrogens is 300 g/mol. The number of hydrogen-bond donors (Lipinski definition) is 0. The molecule has 0 aliphatic carbocycles. The van der Waals surface area contributed by atoms with Gasteiger partial charge in [-0.1, -0.05) is 134 Å². The molecule has 25 heavy (non-hydrogen) atoms. The van der Waals surface area contributed by atoms with E-state index in [-0.39, 0.29) is 0 Å². The largest absolute Gasteiger partial charge is 0.115 e. The van der Waals surface area contributed by atoms with Gasteiger partial charge in [-0.15, -0.1) is 6.42 Å².